The van der Waals surface area contributed by atoms with Crippen LogP contribution in [-0.2, 0) is 4.79 Å². The van der Waals surface area contributed by atoms with E-state index in [1.54, 1.807) is 22.4 Å². The van der Waals surface area contributed by atoms with E-state index in [4.69, 9.17) is 21.0 Å². The van der Waals surface area contributed by atoms with E-state index < -0.39 is 0 Å². The van der Waals surface area contributed by atoms with Gasteiger partial charge in [0.05, 0.1) is 12.8 Å². The van der Waals surface area contributed by atoms with E-state index in [2.05, 4.69) is 26.5 Å². The average molecular weight is 443 g/mol. The van der Waals surface area contributed by atoms with Crippen LogP contribution >= 0.6 is 0 Å². The normalized spacial score (nSPS) is 15.1. The number of ether oxygens (including phenoxy) is 2. The van der Waals surface area contributed by atoms with Gasteiger partial charge in [-0.3, -0.25) is 4.79 Å². The van der Waals surface area contributed by atoms with Crippen LogP contribution < -0.4 is 14.8 Å². The van der Waals surface area contributed by atoms with Gasteiger partial charge in [-0.1, -0.05) is 12.0 Å². The van der Waals surface area contributed by atoms with Crippen molar-refractivity contribution >= 4 is 17.4 Å². The Labute approximate surface area is 189 Å². The van der Waals surface area contributed by atoms with Gasteiger partial charge in [0, 0.05) is 17.9 Å². The second kappa shape index (κ2) is 7.94. The molecule has 5 rings (SSSR count). The van der Waals surface area contributed by atoms with E-state index in [1.165, 1.54) is 0 Å². The Morgan fingerprint density at radius 2 is 2.03 bits per heavy atom. The molecule has 10 heteroatoms. The number of aryl methyl sites for hydroxylation is 2. The lowest BCUT2D eigenvalue weighted by molar-refractivity contribution is -0.116. The van der Waals surface area contributed by atoms with E-state index in [0.717, 1.165) is 16.8 Å². The molecule has 4 aromatic rings. The molecule has 0 spiro atoms. The molecule has 0 radical (unpaired) electrons. The molecule has 4 heterocycles. The van der Waals surface area contributed by atoms with Gasteiger partial charge >= 0.3 is 0 Å². The monoisotopic (exact) mass is 443 g/mol. The summed E-state index contributed by atoms with van der Waals surface area (Å²) in [4.78, 5) is 12.7. The van der Waals surface area contributed by atoms with Gasteiger partial charge in [-0.05, 0) is 43.7 Å². The van der Waals surface area contributed by atoms with E-state index in [-0.39, 0.29) is 24.9 Å². The number of amides is 1. The fraction of sp³-hybridized carbons (Fsp3) is 0.261. The molecular formula is C23H21N7O3. The van der Waals surface area contributed by atoms with Crippen LogP contribution in [0.5, 0.6) is 11.5 Å². The third-order valence-corrected chi connectivity index (χ3v) is 5.63. The fourth-order valence-electron chi connectivity index (χ4n) is 4.14. The van der Waals surface area contributed by atoms with Crippen LogP contribution in [0.4, 0.5) is 5.82 Å². The van der Waals surface area contributed by atoms with E-state index >= 15 is 0 Å². The molecule has 166 valence electrons. The first-order valence-electron chi connectivity index (χ1n) is 10.3. The van der Waals surface area contributed by atoms with Gasteiger partial charge in [0.1, 0.15) is 12.4 Å². The highest BCUT2D eigenvalue weighted by molar-refractivity contribution is 5.95. The topological polar surface area (TPSA) is 108 Å². The molecule has 1 aliphatic heterocycles. The van der Waals surface area contributed by atoms with Gasteiger partial charge in [-0.2, -0.15) is 14.3 Å². The first-order valence-corrected chi connectivity index (χ1v) is 10.3. The van der Waals surface area contributed by atoms with Gasteiger partial charge in [0.2, 0.25) is 5.91 Å². The minimum Gasteiger partial charge on any atom is -0.493 e. The Balaban J connectivity index is 1.60. The maximum absolute atomic E-state index is 12.7. The van der Waals surface area contributed by atoms with E-state index in [9.17, 15) is 4.79 Å². The zero-order chi connectivity index (χ0) is 23.1. The number of hydrogen-bond acceptors (Lipinski definition) is 7. The Kier molecular flexibility index (Phi) is 4.94. The minimum atomic E-state index is -0.210. The van der Waals surface area contributed by atoms with E-state index in [1.807, 2.05) is 38.1 Å². The summed E-state index contributed by atoms with van der Waals surface area (Å²) < 4.78 is 14.3. The van der Waals surface area contributed by atoms with Crippen molar-refractivity contribution < 1.29 is 14.3 Å². The Hall–Kier alpha value is -4.39. The second-order valence-corrected chi connectivity index (χ2v) is 7.68. The maximum atomic E-state index is 12.7. The van der Waals surface area contributed by atoms with Gasteiger partial charge in [0.15, 0.2) is 28.8 Å². The number of anilines is 1. The zero-order valence-electron chi connectivity index (χ0n) is 18.4. The SMILES string of the molecule is C#CCOc1ccc(C2CC(=O)Nc3c2c(C)nn3-c2ccc3nnc(C)n3n2)cc1OC. The van der Waals surface area contributed by atoms with Crippen LogP contribution in [0.1, 0.15) is 35.0 Å². The number of benzene rings is 1. The second-order valence-electron chi connectivity index (χ2n) is 7.68. The molecule has 3 aromatic heterocycles. The molecule has 1 unspecified atom stereocenters. The highest BCUT2D eigenvalue weighted by Gasteiger charge is 2.33. The lowest BCUT2D eigenvalue weighted by atomic mass is 9.85. The van der Waals surface area contributed by atoms with Crippen molar-refractivity contribution in [2.45, 2.75) is 26.2 Å². The smallest absolute Gasteiger partial charge is 0.226 e. The molecule has 10 nitrogen and oxygen atoms in total. The highest BCUT2D eigenvalue weighted by atomic mass is 16.5. The molecule has 1 amide bonds. The summed E-state index contributed by atoms with van der Waals surface area (Å²) in [5, 5.41) is 20.4. The summed E-state index contributed by atoms with van der Waals surface area (Å²) in [7, 11) is 1.57. The quantitative estimate of drug-likeness (QED) is 0.472. The van der Waals surface area contributed by atoms with Crippen molar-refractivity contribution in [3.63, 3.8) is 0 Å². The van der Waals surface area contributed by atoms with E-state index in [0.29, 0.717) is 34.6 Å². The number of aromatic nitrogens is 6. The first kappa shape index (κ1) is 20.5. The molecule has 0 bridgehead atoms. The maximum Gasteiger partial charge on any atom is 0.226 e. The number of rotatable bonds is 5. The van der Waals surface area contributed by atoms with Gasteiger partial charge < -0.3 is 14.8 Å². The average Bonchev–Trinajstić information content (AvgIpc) is 3.36. The molecule has 33 heavy (non-hydrogen) atoms. The number of methoxy groups -OCH3 is 1. The Morgan fingerprint density at radius 3 is 2.82 bits per heavy atom. The van der Waals surface area contributed by atoms with Crippen LogP contribution in [-0.4, -0.2) is 49.2 Å². The van der Waals surface area contributed by atoms with Crippen LogP contribution in [0.25, 0.3) is 11.5 Å². The van der Waals surface area contributed by atoms with Gasteiger partial charge in [-0.25, -0.2) is 0 Å². The standard InChI is InChI=1S/C23H21N7O3/c1-5-10-33-17-7-6-15(11-18(17)32-4)16-12-21(31)24-23-22(16)13(2)27-30(23)20-9-8-19-26-25-14(3)29(19)28-20/h1,6-9,11,16H,10,12H2,2-4H3,(H,24,31). The van der Waals surface area contributed by atoms with Crippen molar-refractivity contribution in [3.8, 4) is 29.7 Å². The third-order valence-electron chi connectivity index (χ3n) is 5.63. The number of carbonyl (C=O) groups is 1. The molecule has 1 aliphatic rings. The molecular weight excluding hydrogens is 422 g/mol. The Bertz CT molecular complexity index is 1430. The molecule has 1 atom stereocenters. The zero-order valence-corrected chi connectivity index (χ0v) is 18.4. The summed E-state index contributed by atoms with van der Waals surface area (Å²) >= 11 is 0. The summed E-state index contributed by atoms with van der Waals surface area (Å²) in [6, 6.07) is 9.21. The summed E-state index contributed by atoms with van der Waals surface area (Å²) in [5.74, 6) is 5.03. The number of fused-ring (bicyclic) bond motifs is 2. The molecule has 0 saturated heterocycles. The fourth-order valence-corrected chi connectivity index (χ4v) is 4.14. The molecule has 0 fully saturated rings. The minimum absolute atomic E-state index is 0.109. The molecule has 0 saturated carbocycles. The van der Waals surface area contributed by atoms with Gasteiger partial charge in [-0.15, -0.1) is 21.7 Å². The van der Waals surface area contributed by atoms with Crippen molar-refractivity contribution in [1.29, 1.82) is 0 Å². The van der Waals surface area contributed by atoms with Crippen molar-refractivity contribution in [2.75, 3.05) is 19.0 Å². The van der Waals surface area contributed by atoms with Crippen molar-refractivity contribution in [1.82, 2.24) is 29.6 Å². The predicted octanol–water partition coefficient (Wildman–Crippen LogP) is 2.42. The van der Waals surface area contributed by atoms with Gasteiger partial charge in [0.25, 0.3) is 0 Å². The highest BCUT2D eigenvalue weighted by Crippen LogP contribution is 2.42. The van der Waals surface area contributed by atoms with Crippen LogP contribution in [0.3, 0.4) is 0 Å². The molecule has 1 aromatic carbocycles. The lowest BCUT2D eigenvalue weighted by Crippen LogP contribution is -2.25. The summed E-state index contributed by atoms with van der Waals surface area (Å²) in [6.07, 6.45) is 5.58. The van der Waals surface area contributed by atoms with Crippen molar-refractivity contribution in [3.05, 3.63) is 53.0 Å². The summed E-state index contributed by atoms with van der Waals surface area (Å²) in [5.41, 5.74) is 3.27. The number of nitrogens with one attached hydrogen (secondary N) is 1. The number of terminal acetylenes is 1. The Morgan fingerprint density at radius 1 is 1.18 bits per heavy atom. The number of hydrogen-bond donors (Lipinski definition) is 1. The molecule has 0 aliphatic carbocycles. The van der Waals surface area contributed by atoms with Crippen molar-refractivity contribution in [2.24, 2.45) is 0 Å². The number of carbonyl (C=O) groups excluding carboxylic acids is 1. The van der Waals surface area contributed by atoms with Crippen LogP contribution in [0.15, 0.2) is 30.3 Å². The molecule has 1 N–H and O–H groups in total. The first-order chi connectivity index (χ1) is 16.0. The summed E-state index contributed by atoms with van der Waals surface area (Å²) in [6.45, 7) is 3.88. The third kappa shape index (κ3) is 3.43. The number of nitrogens with zero attached hydrogens (tertiary/aromatic N) is 6. The predicted molar refractivity (Wildman–Crippen MR) is 120 cm³/mol. The van der Waals surface area contributed by atoms with Crippen LogP contribution in [0, 0.1) is 26.2 Å². The van der Waals surface area contributed by atoms with Crippen LogP contribution in [0.2, 0.25) is 0 Å². The lowest BCUT2D eigenvalue weighted by Gasteiger charge is -2.25. The largest absolute Gasteiger partial charge is 0.493 e.